The van der Waals surface area contributed by atoms with Crippen molar-refractivity contribution in [1.29, 1.82) is 0 Å². The minimum Gasteiger partial charge on any atom is -0.226 e. The third-order valence-electron chi connectivity index (χ3n) is 3.14. The first-order valence-electron chi connectivity index (χ1n) is 6.40. The van der Waals surface area contributed by atoms with Crippen molar-refractivity contribution in [1.82, 2.24) is 9.97 Å². The second-order valence-electron chi connectivity index (χ2n) is 4.64. The van der Waals surface area contributed by atoms with Crippen LogP contribution < -0.4 is 0 Å². The van der Waals surface area contributed by atoms with Gasteiger partial charge in [0.2, 0.25) is 0 Å². The van der Waals surface area contributed by atoms with Crippen LogP contribution in [-0.4, -0.2) is 15.2 Å². The van der Waals surface area contributed by atoms with Gasteiger partial charge in [-0.2, -0.15) is 0 Å². The second kappa shape index (κ2) is 6.05. The number of halogens is 1. The molecule has 0 unspecified atom stereocenters. The first kappa shape index (κ1) is 13.2. The molecule has 0 saturated heterocycles. The van der Waals surface area contributed by atoms with Gasteiger partial charge >= 0.3 is 0 Å². The fourth-order valence-electron chi connectivity index (χ4n) is 2.13. The summed E-state index contributed by atoms with van der Waals surface area (Å²) in [7, 11) is 0. The summed E-state index contributed by atoms with van der Waals surface area (Å²) in [5, 5.41) is 2.46. The molecular formula is C13H19ClN2S. The summed E-state index contributed by atoms with van der Waals surface area (Å²) < 4.78 is 0. The molecule has 0 aromatic carbocycles. The molecule has 0 radical (unpaired) electrons. The van der Waals surface area contributed by atoms with E-state index in [2.05, 4.69) is 16.9 Å². The van der Waals surface area contributed by atoms with E-state index in [9.17, 15) is 0 Å². The molecule has 1 aliphatic rings. The molecule has 1 aliphatic carbocycles. The fraction of sp³-hybridized carbons (Fsp3) is 0.692. The number of nitrogens with zero attached hydrogens (tertiary/aromatic N) is 2. The van der Waals surface area contributed by atoms with E-state index in [1.807, 2.05) is 18.7 Å². The standard InChI is InChI=1S/C13H19ClN2S/c1-3-6-11-15-12(14)9(2)13(16-11)17-10-7-4-5-8-10/h10H,3-8H2,1-2H3. The van der Waals surface area contributed by atoms with Crippen LogP contribution in [-0.2, 0) is 6.42 Å². The van der Waals surface area contributed by atoms with Crippen molar-refractivity contribution in [2.75, 3.05) is 0 Å². The first-order chi connectivity index (χ1) is 8.20. The van der Waals surface area contributed by atoms with Crippen molar-refractivity contribution in [3.63, 3.8) is 0 Å². The summed E-state index contributed by atoms with van der Waals surface area (Å²) in [5.74, 6) is 0.892. The summed E-state index contributed by atoms with van der Waals surface area (Å²) in [4.78, 5) is 8.99. The quantitative estimate of drug-likeness (QED) is 0.757. The fourth-order valence-corrected chi connectivity index (χ4v) is 3.69. The lowest BCUT2D eigenvalue weighted by Crippen LogP contribution is -2.03. The second-order valence-corrected chi connectivity index (χ2v) is 6.28. The Morgan fingerprint density at radius 3 is 2.65 bits per heavy atom. The van der Waals surface area contributed by atoms with Crippen molar-refractivity contribution < 1.29 is 0 Å². The van der Waals surface area contributed by atoms with E-state index < -0.39 is 0 Å². The molecule has 0 amide bonds. The molecular weight excluding hydrogens is 252 g/mol. The molecule has 0 bridgehead atoms. The van der Waals surface area contributed by atoms with Gasteiger partial charge in [-0.05, 0) is 26.2 Å². The summed E-state index contributed by atoms with van der Waals surface area (Å²) in [5.41, 5.74) is 1.04. The minimum absolute atomic E-state index is 0.629. The Kier molecular flexibility index (Phi) is 4.69. The van der Waals surface area contributed by atoms with E-state index in [0.717, 1.165) is 34.5 Å². The Balaban J connectivity index is 2.18. The van der Waals surface area contributed by atoms with Crippen molar-refractivity contribution >= 4 is 23.4 Å². The molecule has 1 saturated carbocycles. The van der Waals surface area contributed by atoms with Gasteiger partial charge in [0.25, 0.3) is 0 Å². The highest BCUT2D eigenvalue weighted by Gasteiger charge is 2.19. The van der Waals surface area contributed by atoms with Gasteiger partial charge < -0.3 is 0 Å². The van der Waals surface area contributed by atoms with Crippen molar-refractivity contribution in [3.8, 4) is 0 Å². The average Bonchev–Trinajstić information content (AvgIpc) is 2.78. The largest absolute Gasteiger partial charge is 0.226 e. The van der Waals surface area contributed by atoms with Crippen molar-refractivity contribution in [3.05, 3.63) is 16.5 Å². The van der Waals surface area contributed by atoms with E-state index in [1.54, 1.807) is 0 Å². The summed E-state index contributed by atoms with van der Waals surface area (Å²) in [6, 6.07) is 0. The topological polar surface area (TPSA) is 25.8 Å². The average molecular weight is 271 g/mol. The highest BCUT2D eigenvalue weighted by molar-refractivity contribution is 7.99. The summed E-state index contributed by atoms with van der Waals surface area (Å²) >= 11 is 8.07. The number of aryl methyl sites for hydroxylation is 1. The van der Waals surface area contributed by atoms with E-state index in [4.69, 9.17) is 11.6 Å². The van der Waals surface area contributed by atoms with Crippen LogP contribution in [0.4, 0.5) is 0 Å². The molecule has 1 heterocycles. The van der Waals surface area contributed by atoms with Crippen LogP contribution in [0.25, 0.3) is 0 Å². The molecule has 4 heteroatoms. The van der Waals surface area contributed by atoms with Gasteiger partial charge in [0.05, 0.1) is 0 Å². The van der Waals surface area contributed by atoms with Gasteiger partial charge in [0, 0.05) is 17.2 Å². The maximum absolute atomic E-state index is 6.18. The number of aromatic nitrogens is 2. The zero-order valence-corrected chi connectivity index (χ0v) is 12.1. The Labute approximate surface area is 113 Å². The van der Waals surface area contributed by atoms with Crippen LogP contribution >= 0.6 is 23.4 Å². The number of hydrogen-bond acceptors (Lipinski definition) is 3. The van der Waals surface area contributed by atoms with Gasteiger partial charge in [0.15, 0.2) is 0 Å². The van der Waals surface area contributed by atoms with Gasteiger partial charge in [-0.3, -0.25) is 0 Å². The highest BCUT2D eigenvalue weighted by atomic mass is 35.5. The summed E-state index contributed by atoms with van der Waals surface area (Å²) in [6.45, 7) is 4.16. The lowest BCUT2D eigenvalue weighted by atomic mass is 10.3. The molecule has 1 aromatic rings. The predicted octanol–water partition coefficient (Wildman–Crippen LogP) is 4.43. The first-order valence-corrected chi connectivity index (χ1v) is 7.66. The van der Waals surface area contributed by atoms with Crippen LogP contribution in [0, 0.1) is 6.92 Å². The van der Waals surface area contributed by atoms with Crippen LogP contribution in [0.5, 0.6) is 0 Å². The molecule has 0 aliphatic heterocycles. The van der Waals surface area contributed by atoms with Crippen LogP contribution in [0.15, 0.2) is 5.03 Å². The van der Waals surface area contributed by atoms with Crippen LogP contribution in [0.2, 0.25) is 5.15 Å². The zero-order valence-electron chi connectivity index (χ0n) is 10.5. The van der Waals surface area contributed by atoms with Gasteiger partial charge in [-0.15, -0.1) is 11.8 Å². The molecule has 17 heavy (non-hydrogen) atoms. The molecule has 0 spiro atoms. The van der Waals surface area contributed by atoms with Gasteiger partial charge in [0.1, 0.15) is 16.0 Å². The third-order valence-corrected chi connectivity index (χ3v) is 4.94. The van der Waals surface area contributed by atoms with E-state index >= 15 is 0 Å². The maximum Gasteiger partial charge on any atom is 0.136 e. The lowest BCUT2D eigenvalue weighted by molar-refractivity contribution is 0.798. The lowest BCUT2D eigenvalue weighted by Gasteiger charge is -2.12. The van der Waals surface area contributed by atoms with Gasteiger partial charge in [-0.25, -0.2) is 9.97 Å². The molecule has 94 valence electrons. The smallest absolute Gasteiger partial charge is 0.136 e. The van der Waals surface area contributed by atoms with Crippen LogP contribution in [0.1, 0.15) is 50.4 Å². The molecule has 1 aromatic heterocycles. The molecule has 2 nitrogen and oxygen atoms in total. The molecule has 0 atom stereocenters. The Bertz CT molecular complexity index is 389. The van der Waals surface area contributed by atoms with Crippen LogP contribution in [0.3, 0.4) is 0 Å². The summed E-state index contributed by atoms with van der Waals surface area (Å²) in [6.07, 6.45) is 7.32. The number of rotatable bonds is 4. The van der Waals surface area contributed by atoms with Crippen molar-refractivity contribution in [2.45, 2.75) is 62.6 Å². The van der Waals surface area contributed by atoms with Gasteiger partial charge in [-0.1, -0.05) is 31.4 Å². The zero-order chi connectivity index (χ0) is 12.3. The normalized spacial score (nSPS) is 16.6. The third kappa shape index (κ3) is 3.35. The monoisotopic (exact) mass is 270 g/mol. The molecule has 0 N–H and O–H groups in total. The number of thioether (sulfide) groups is 1. The minimum atomic E-state index is 0.629. The van der Waals surface area contributed by atoms with E-state index in [1.165, 1.54) is 25.7 Å². The predicted molar refractivity (Wildman–Crippen MR) is 73.9 cm³/mol. The number of hydrogen-bond donors (Lipinski definition) is 0. The SMILES string of the molecule is CCCc1nc(Cl)c(C)c(SC2CCCC2)n1. The van der Waals surface area contributed by atoms with Crippen molar-refractivity contribution in [2.24, 2.45) is 0 Å². The highest BCUT2D eigenvalue weighted by Crippen LogP contribution is 2.36. The van der Waals surface area contributed by atoms with E-state index in [-0.39, 0.29) is 0 Å². The Hall–Kier alpha value is -0.280. The molecule has 1 fully saturated rings. The Morgan fingerprint density at radius 2 is 2.00 bits per heavy atom. The Morgan fingerprint density at radius 1 is 1.29 bits per heavy atom. The maximum atomic E-state index is 6.18. The molecule has 2 rings (SSSR count). The van der Waals surface area contributed by atoms with E-state index in [0.29, 0.717) is 5.15 Å².